The summed E-state index contributed by atoms with van der Waals surface area (Å²) in [5, 5.41) is 0. The standard InChI is InChI=1S/C15H10BrFN2OS/c1-19-13-11(17)7-4-8-12(13)21-15(19)18-14(20)9-5-2-3-6-10(9)16/h2-8H,1H3. The van der Waals surface area contributed by atoms with E-state index in [0.717, 1.165) is 4.70 Å². The first kappa shape index (κ1) is 14.2. The van der Waals surface area contributed by atoms with Gasteiger partial charge >= 0.3 is 0 Å². The number of nitrogens with zero attached hydrogens (tertiary/aromatic N) is 2. The van der Waals surface area contributed by atoms with Crippen molar-refractivity contribution in [1.82, 2.24) is 4.57 Å². The van der Waals surface area contributed by atoms with Gasteiger partial charge in [-0.2, -0.15) is 4.99 Å². The number of carbonyl (C=O) groups is 1. The number of hydrogen-bond acceptors (Lipinski definition) is 2. The Morgan fingerprint density at radius 2 is 2.00 bits per heavy atom. The van der Waals surface area contributed by atoms with Gasteiger partial charge in [-0.25, -0.2) is 4.39 Å². The Morgan fingerprint density at radius 3 is 2.71 bits per heavy atom. The van der Waals surface area contributed by atoms with Gasteiger partial charge in [-0.15, -0.1) is 0 Å². The topological polar surface area (TPSA) is 34.4 Å². The lowest BCUT2D eigenvalue weighted by Gasteiger charge is -1.98. The van der Waals surface area contributed by atoms with Crippen molar-refractivity contribution in [3.63, 3.8) is 0 Å². The Morgan fingerprint density at radius 1 is 1.24 bits per heavy atom. The first-order valence-corrected chi connectivity index (χ1v) is 7.76. The van der Waals surface area contributed by atoms with Crippen LogP contribution in [0.15, 0.2) is 51.9 Å². The highest BCUT2D eigenvalue weighted by Gasteiger charge is 2.11. The molecule has 0 aliphatic carbocycles. The second-order valence-electron chi connectivity index (χ2n) is 4.43. The van der Waals surface area contributed by atoms with Gasteiger partial charge in [-0.3, -0.25) is 4.79 Å². The van der Waals surface area contributed by atoms with E-state index in [-0.39, 0.29) is 11.7 Å². The molecule has 106 valence electrons. The zero-order valence-electron chi connectivity index (χ0n) is 11.0. The van der Waals surface area contributed by atoms with E-state index in [1.54, 1.807) is 35.9 Å². The van der Waals surface area contributed by atoms with Crippen LogP contribution in [-0.2, 0) is 7.05 Å². The molecule has 3 aromatic rings. The van der Waals surface area contributed by atoms with Crippen molar-refractivity contribution in [2.45, 2.75) is 0 Å². The van der Waals surface area contributed by atoms with Crippen molar-refractivity contribution in [1.29, 1.82) is 0 Å². The van der Waals surface area contributed by atoms with Gasteiger partial charge in [-0.05, 0) is 40.2 Å². The van der Waals surface area contributed by atoms with E-state index >= 15 is 0 Å². The Balaban J connectivity index is 2.17. The van der Waals surface area contributed by atoms with Crippen LogP contribution in [0.25, 0.3) is 10.2 Å². The summed E-state index contributed by atoms with van der Waals surface area (Å²) in [6.45, 7) is 0. The first-order chi connectivity index (χ1) is 10.1. The fraction of sp³-hybridized carbons (Fsp3) is 0.0667. The second-order valence-corrected chi connectivity index (χ2v) is 6.29. The van der Waals surface area contributed by atoms with Crippen molar-refractivity contribution in [2.24, 2.45) is 12.0 Å². The number of benzene rings is 2. The molecule has 1 amide bonds. The van der Waals surface area contributed by atoms with E-state index in [1.807, 2.05) is 12.1 Å². The molecule has 1 aromatic heterocycles. The summed E-state index contributed by atoms with van der Waals surface area (Å²) in [5.41, 5.74) is 0.941. The summed E-state index contributed by atoms with van der Waals surface area (Å²) >= 11 is 4.62. The quantitative estimate of drug-likeness (QED) is 0.645. The highest BCUT2D eigenvalue weighted by Crippen LogP contribution is 2.20. The van der Waals surface area contributed by atoms with Gasteiger partial charge in [0.25, 0.3) is 5.91 Å². The van der Waals surface area contributed by atoms with Crippen molar-refractivity contribution in [2.75, 3.05) is 0 Å². The van der Waals surface area contributed by atoms with E-state index in [2.05, 4.69) is 20.9 Å². The minimum atomic E-state index is -0.356. The number of aromatic nitrogens is 1. The van der Waals surface area contributed by atoms with Gasteiger partial charge < -0.3 is 4.57 Å². The molecule has 0 radical (unpaired) electrons. The first-order valence-electron chi connectivity index (χ1n) is 6.15. The molecule has 6 heteroatoms. The maximum Gasteiger partial charge on any atom is 0.280 e. The van der Waals surface area contributed by atoms with Crippen molar-refractivity contribution in [3.05, 3.63) is 63.1 Å². The molecule has 3 nitrogen and oxygen atoms in total. The monoisotopic (exact) mass is 364 g/mol. The smallest absolute Gasteiger partial charge is 0.280 e. The van der Waals surface area contributed by atoms with Gasteiger partial charge in [0.2, 0.25) is 0 Å². The lowest BCUT2D eigenvalue weighted by Crippen LogP contribution is -2.14. The van der Waals surface area contributed by atoms with Crippen molar-refractivity contribution in [3.8, 4) is 0 Å². The number of fused-ring (bicyclic) bond motifs is 1. The molecule has 2 aromatic carbocycles. The van der Waals surface area contributed by atoms with Gasteiger partial charge in [0.15, 0.2) is 4.80 Å². The van der Waals surface area contributed by atoms with Gasteiger partial charge in [0.1, 0.15) is 5.82 Å². The van der Waals surface area contributed by atoms with Crippen molar-refractivity contribution >= 4 is 43.4 Å². The summed E-state index contributed by atoms with van der Waals surface area (Å²) in [5.74, 6) is -0.675. The number of para-hydroxylation sites is 1. The van der Waals surface area contributed by atoms with Crippen LogP contribution < -0.4 is 4.80 Å². The maximum absolute atomic E-state index is 13.8. The maximum atomic E-state index is 13.8. The number of thiazole rings is 1. The lowest BCUT2D eigenvalue weighted by atomic mass is 10.2. The zero-order valence-corrected chi connectivity index (χ0v) is 13.4. The molecule has 0 aliphatic heterocycles. The fourth-order valence-corrected chi connectivity index (χ4v) is 3.53. The normalized spacial score (nSPS) is 12.0. The number of aryl methyl sites for hydroxylation is 1. The molecule has 0 saturated carbocycles. The summed E-state index contributed by atoms with van der Waals surface area (Å²) in [6, 6.07) is 11.9. The summed E-state index contributed by atoms with van der Waals surface area (Å²) in [6.07, 6.45) is 0. The number of halogens is 2. The van der Waals surface area contributed by atoms with Crippen LogP contribution in [0.1, 0.15) is 10.4 Å². The molecule has 0 N–H and O–H groups in total. The van der Waals surface area contributed by atoms with Gasteiger partial charge in [-0.1, -0.05) is 29.5 Å². The number of amides is 1. The van der Waals surface area contributed by atoms with E-state index in [0.29, 0.717) is 20.4 Å². The Hall–Kier alpha value is -1.79. The number of hydrogen-bond donors (Lipinski definition) is 0. The third kappa shape index (κ3) is 2.56. The van der Waals surface area contributed by atoms with Crippen LogP contribution in [0.4, 0.5) is 4.39 Å². The Kier molecular flexibility index (Phi) is 3.73. The summed E-state index contributed by atoms with van der Waals surface area (Å²) < 4.78 is 16.9. The van der Waals surface area contributed by atoms with Crippen LogP contribution in [0, 0.1) is 5.82 Å². The third-order valence-electron chi connectivity index (χ3n) is 3.07. The SMILES string of the molecule is Cn1c(=NC(=O)c2ccccc2Br)sc2cccc(F)c21. The zero-order chi connectivity index (χ0) is 15.0. The molecule has 0 unspecified atom stereocenters. The molecule has 21 heavy (non-hydrogen) atoms. The predicted octanol–water partition coefficient (Wildman–Crippen LogP) is 3.88. The lowest BCUT2D eigenvalue weighted by molar-refractivity contribution is 0.0997. The van der Waals surface area contributed by atoms with Crippen LogP contribution in [0.3, 0.4) is 0 Å². The van der Waals surface area contributed by atoms with E-state index in [4.69, 9.17) is 0 Å². The molecule has 3 rings (SSSR count). The molecular formula is C15H10BrFN2OS. The molecule has 0 atom stereocenters. The Labute approximate surface area is 132 Å². The molecule has 0 aliphatic rings. The molecule has 0 fully saturated rings. The second kappa shape index (κ2) is 5.54. The average Bonchev–Trinajstić information content (AvgIpc) is 2.77. The molecule has 1 heterocycles. The van der Waals surface area contributed by atoms with E-state index < -0.39 is 0 Å². The van der Waals surface area contributed by atoms with Gasteiger partial charge in [0.05, 0.1) is 15.8 Å². The molecule has 0 bridgehead atoms. The van der Waals surface area contributed by atoms with Crippen LogP contribution in [0.2, 0.25) is 0 Å². The number of rotatable bonds is 1. The Bertz CT molecular complexity index is 913. The fourth-order valence-electron chi connectivity index (χ4n) is 2.05. The average molecular weight is 365 g/mol. The van der Waals surface area contributed by atoms with Crippen LogP contribution in [0.5, 0.6) is 0 Å². The third-order valence-corrected chi connectivity index (χ3v) is 4.86. The predicted molar refractivity (Wildman–Crippen MR) is 84.8 cm³/mol. The van der Waals surface area contributed by atoms with Crippen molar-refractivity contribution < 1.29 is 9.18 Å². The highest BCUT2D eigenvalue weighted by atomic mass is 79.9. The summed E-state index contributed by atoms with van der Waals surface area (Å²) in [7, 11) is 1.70. The van der Waals surface area contributed by atoms with E-state index in [1.165, 1.54) is 17.4 Å². The molecular weight excluding hydrogens is 355 g/mol. The minimum Gasteiger partial charge on any atom is -0.317 e. The summed E-state index contributed by atoms with van der Waals surface area (Å²) in [4.78, 5) is 16.8. The largest absolute Gasteiger partial charge is 0.317 e. The van der Waals surface area contributed by atoms with Crippen LogP contribution in [-0.4, -0.2) is 10.5 Å². The van der Waals surface area contributed by atoms with E-state index in [9.17, 15) is 9.18 Å². The molecule has 0 spiro atoms. The van der Waals surface area contributed by atoms with Gasteiger partial charge in [0, 0.05) is 11.5 Å². The highest BCUT2D eigenvalue weighted by molar-refractivity contribution is 9.10. The van der Waals surface area contributed by atoms with Crippen LogP contribution >= 0.6 is 27.3 Å². The minimum absolute atomic E-state index is 0.318. The number of carbonyl (C=O) groups excluding carboxylic acids is 1. The molecule has 0 saturated heterocycles.